The minimum atomic E-state index is 0.533. The van der Waals surface area contributed by atoms with Crippen molar-refractivity contribution in [1.29, 1.82) is 0 Å². The Bertz CT molecular complexity index is 565. The van der Waals surface area contributed by atoms with Gasteiger partial charge in [-0.3, -0.25) is 0 Å². The summed E-state index contributed by atoms with van der Waals surface area (Å²) >= 11 is 2.00. The third kappa shape index (κ3) is 3.04. The van der Waals surface area contributed by atoms with Crippen LogP contribution in [0.15, 0.2) is 36.4 Å². The summed E-state index contributed by atoms with van der Waals surface area (Å²) in [4.78, 5) is 11.4. The van der Waals surface area contributed by atoms with Crippen LogP contribution in [0.1, 0.15) is 6.42 Å². The number of nitrogen functional groups attached to an aromatic ring is 1. The molecule has 1 fully saturated rings. The third-order valence-electron chi connectivity index (χ3n) is 3.31. The van der Waals surface area contributed by atoms with Crippen LogP contribution in [0.25, 0.3) is 11.4 Å². The van der Waals surface area contributed by atoms with Crippen molar-refractivity contribution in [2.75, 3.05) is 35.2 Å². The number of nitrogens with two attached hydrogens (primary N) is 1. The summed E-state index contributed by atoms with van der Waals surface area (Å²) in [5, 5.41) is 0. The van der Waals surface area contributed by atoms with Crippen LogP contribution in [-0.2, 0) is 0 Å². The number of aromatic nitrogens is 2. The normalized spacial score (nSPS) is 15.9. The van der Waals surface area contributed by atoms with E-state index in [0.717, 1.165) is 30.2 Å². The van der Waals surface area contributed by atoms with E-state index < -0.39 is 0 Å². The van der Waals surface area contributed by atoms with E-state index in [9.17, 15) is 0 Å². The average Bonchev–Trinajstić information content (AvgIpc) is 2.77. The maximum atomic E-state index is 5.96. The van der Waals surface area contributed by atoms with Crippen molar-refractivity contribution in [3.05, 3.63) is 36.4 Å². The molecule has 1 saturated heterocycles. The van der Waals surface area contributed by atoms with Crippen molar-refractivity contribution in [2.45, 2.75) is 6.42 Å². The number of hydrogen-bond acceptors (Lipinski definition) is 5. The number of thioether (sulfide) groups is 1. The van der Waals surface area contributed by atoms with Crippen molar-refractivity contribution < 1.29 is 0 Å². The van der Waals surface area contributed by atoms with Crippen LogP contribution in [0, 0.1) is 0 Å². The highest BCUT2D eigenvalue weighted by atomic mass is 32.2. The molecule has 4 nitrogen and oxygen atoms in total. The van der Waals surface area contributed by atoms with Gasteiger partial charge in [0.1, 0.15) is 11.6 Å². The lowest BCUT2D eigenvalue weighted by atomic mass is 10.2. The van der Waals surface area contributed by atoms with Gasteiger partial charge in [-0.15, -0.1) is 0 Å². The molecule has 20 heavy (non-hydrogen) atoms. The second kappa shape index (κ2) is 6.13. The Labute approximate surface area is 123 Å². The first-order chi connectivity index (χ1) is 9.83. The van der Waals surface area contributed by atoms with Crippen LogP contribution in [0.5, 0.6) is 0 Å². The van der Waals surface area contributed by atoms with Gasteiger partial charge in [0.05, 0.1) is 0 Å². The quantitative estimate of drug-likeness (QED) is 0.920. The molecule has 1 aromatic carbocycles. The smallest absolute Gasteiger partial charge is 0.163 e. The summed E-state index contributed by atoms with van der Waals surface area (Å²) in [5.41, 5.74) is 6.96. The van der Waals surface area contributed by atoms with Gasteiger partial charge in [-0.25, -0.2) is 9.97 Å². The molecule has 3 rings (SSSR count). The minimum absolute atomic E-state index is 0.533. The Hall–Kier alpha value is -1.75. The van der Waals surface area contributed by atoms with Gasteiger partial charge in [0.25, 0.3) is 0 Å². The fraction of sp³-hybridized carbons (Fsp3) is 0.333. The Balaban J connectivity index is 1.94. The molecule has 0 aliphatic carbocycles. The maximum Gasteiger partial charge on any atom is 0.163 e. The summed E-state index contributed by atoms with van der Waals surface area (Å²) < 4.78 is 0. The molecule has 2 N–H and O–H groups in total. The van der Waals surface area contributed by atoms with Crippen molar-refractivity contribution >= 4 is 23.4 Å². The van der Waals surface area contributed by atoms with Crippen LogP contribution < -0.4 is 10.6 Å². The van der Waals surface area contributed by atoms with Crippen LogP contribution in [-0.4, -0.2) is 34.6 Å². The molecular weight excluding hydrogens is 268 g/mol. The number of rotatable bonds is 2. The fourth-order valence-electron chi connectivity index (χ4n) is 2.31. The van der Waals surface area contributed by atoms with E-state index >= 15 is 0 Å². The SMILES string of the molecule is Nc1cc(N2CCCSCC2)nc(-c2ccccc2)n1. The van der Waals surface area contributed by atoms with Crippen molar-refractivity contribution in [3.8, 4) is 11.4 Å². The number of nitrogens with zero attached hydrogens (tertiary/aromatic N) is 3. The second-order valence-electron chi connectivity index (χ2n) is 4.79. The Morgan fingerprint density at radius 2 is 1.90 bits per heavy atom. The highest BCUT2D eigenvalue weighted by Gasteiger charge is 2.13. The number of benzene rings is 1. The van der Waals surface area contributed by atoms with Gasteiger partial charge < -0.3 is 10.6 Å². The fourth-order valence-corrected chi connectivity index (χ4v) is 3.19. The van der Waals surface area contributed by atoms with E-state index in [1.165, 1.54) is 12.2 Å². The number of anilines is 2. The summed E-state index contributed by atoms with van der Waals surface area (Å²) in [7, 11) is 0. The highest BCUT2D eigenvalue weighted by Crippen LogP contribution is 2.23. The largest absolute Gasteiger partial charge is 0.384 e. The van der Waals surface area contributed by atoms with Gasteiger partial charge in [-0.1, -0.05) is 30.3 Å². The van der Waals surface area contributed by atoms with Crippen LogP contribution in [0.4, 0.5) is 11.6 Å². The van der Waals surface area contributed by atoms with Crippen LogP contribution in [0.2, 0.25) is 0 Å². The van der Waals surface area contributed by atoms with E-state index in [0.29, 0.717) is 11.6 Å². The number of hydrogen-bond donors (Lipinski definition) is 1. The molecule has 0 unspecified atom stereocenters. The third-order valence-corrected chi connectivity index (χ3v) is 4.36. The predicted octanol–water partition coefficient (Wildman–Crippen LogP) is 2.67. The van der Waals surface area contributed by atoms with Crippen LogP contribution >= 0.6 is 11.8 Å². The Morgan fingerprint density at radius 3 is 2.75 bits per heavy atom. The standard InChI is InChI=1S/C15H18N4S/c16-13-11-14(19-7-4-9-20-10-8-19)18-15(17-13)12-5-2-1-3-6-12/h1-3,5-6,11H,4,7-10H2,(H2,16,17,18). The van der Waals surface area contributed by atoms with E-state index in [2.05, 4.69) is 9.88 Å². The summed E-state index contributed by atoms with van der Waals surface area (Å²) in [6, 6.07) is 11.9. The van der Waals surface area contributed by atoms with E-state index in [1.807, 2.05) is 48.2 Å². The molecule has 0 spiro atoms. The average molecular weight is 286 g/mol. The molecule has 0 atom stereocenters. The molecule has 1 aromatic heterocycles. The molecule has 0 amide bonds. The monoisotopic (exact) mass is 286 g/mol. The summed E-state index contributed by atoms with van der Waals surface area (Å²) in [6.45, 7) is 2.06. The first-order valence-corrected chi connectivity index (χ1v) is 8.01. The van der Waals surface area contributed by atoms with Crippen molar-refractivity contribution in [1.82, 2.24) is 9.97 Å². The molecule has 1 aliphatic rings. The molecular formula is C15H18N4S. The molecule has 0 saturated carbocycles. The maximum absolute atomic E-state index is 5.96. The second-order valence-corrected chi connectivity index (χ2v) is 6.02. The first kappa shape index (κ1) is 13.2. The lowest BCUT2D eigenvalue weighted by molar-refractivity contribution is 0.800. The molecule has 5 heteroatoms. The molecule has 0 radical (unpaired) electrons. The zero-order valence-electron chi connectivity index (χ0n) is 11.3. The summed E-state index contributed by atoms with van der Waals surface area (Å²) in [5.74, 6) is 4.55. The Morgan fingerprint density at radius 1 is 1.05 bits per heavy atom. The molecule has 0 bridgehead atoms. The minimum Gasteiger partial charge on any atom is -0.384 e. The van der Waals surface area contributed by atoms with E-state index in [1.54, 1.807) is 0 Å². The lowest BCUT2D eigenvalue weighted by Gasteiger charge is -2.21. The Kier molecular flexibility index (Phi) is 4.06. The van der Waals surface area contributed by atoms with Gasteiger partial charge in [0.15, 0.2) is 5.82 Å². The van der Waals surface area contributed by atoms with Gasteiger partial charge in [0, 0.05) is 30.5 Å². The molecule has 104 valence electrons. The van der Waals surface area contributed by atoms with Gasteiger partial charge >= 0.3 is 0 Å². The van der Waals surface area contributed by atoms with Crippen molar-refractivity contribution in [3.63, 3.8) is 0 Å². The zero-order valence-corrected chi connectivity index (χ0v) is 12.1. The highest BCUT2D eigenvalue weighted by molar-refractivity contribution is 7.99. The molecule has 2 heterocycles. The van der Waals surface area contributed by atoms with Gasteiger partial charge in [-0.2, -0.15) is 11.8 Å². The molecule has 2 aromatic rings. The zero-order chi connectivity index (χ0) is 13.8. The first-order valence-electron chi connectivity index (χ1n) is 6.85. The predicted molar refractivity (Wildman–Crippen MR) is 86.0 cm³/mol. The van der Waals surface area contributed by atoms with Crippen molar-refractivity contribution in [2.24, 2.45) is 0 Å². The van der Waals surface area contributed by atoms with Gasteiger partial charge in [0.2, 0.25) is 0 Å². The lowest BCUT2D eigenvalue weighted by Crippen LogP contribution is -2.26. The van der Waals surface area contributed by atoms with Gasteiger partial charge in [-0.05, 0) is 12.2 Å². The topological polar surface area (TPSA) is 55.0 Å². The van der Waals surface area contributed by atoms with E-state index in [-0.39, 0.29) is 0 Å². The van der Waals surface area contributed by atoms with E-state index in [4.69, 9.17) is 10.7 Å². The molecule has 1 aliphatic heterocycles. The van der Waals surface area contributed by atoms with Crippen LogP contribution in [0.3, 0.4) is 0 Å². The summed E-state index contributed by atoms with van der Waals surface area (Å²) in [6.07, 6.45) is 1.19.